The van der Waals surface area contributed by atoms with Crippen molar-refractivity contribution < 1.29 is 19.4 Å². The Morgan fingerprint density at radius 2 is 2.24 bits per heavy atom. The van der Waals surface area contributed by atoms with E-state index in [1.54, 1.807) is 13.8 Å². The first-order valence-corrected chi connectivity index (χ1v) is 5.85. The van der Waals surface area contributed by atoms with E-state index in [0.29, 0.717) is 13.2 Å². The molecule has 6 heteroatoms. The van der Waals surface area contributed by atoms with Gasteiger partial charge in [0.15, 0.2) is 0 Å². The minimum atomic E-state index is -1.00. The Labute approximate surface area is 101 Å². The number of aliphatic carboxylic acids is 1. The van der Waals surface area contributed by atoms with E-state index in [0.717, 1.165) is 6.54 Å². The molecule has 98 valence electrons. The van der Waals surface area contributed by atoms with Gasteiger partial charge in [-0.15, -0.1) is 0 Å². The van der Waals surface area contributed by atoms with Crippen molar-refractivity contribution in [3.8, 4) is 0 Å². The minimum Gasteiger partial charge on any atom is -0.480 e. The quantitative estimate of drug-likeness (QED) is 0.612. The van der Waals surface area contributed by atoms with Crippen LogP contribution in [-0.2, 0) is 14.3 Å². The van der Waals surface area contributed by atoms with Gasteiger partial charge >= 0.3 is 5.97 Å². The Bertz CT molecular complexity index is 275. The third kappa shape index (κ3) is 4.70. The molecule has 1 fully saturated rings. The maximum absolute atomic E-state index is 11.6. The zero-order valence-electron chi connectivity index (χ0n) is 10.2. The fourth-order valence-electron chi connectivity index (χ4n) is 1.70. The summed E-state index contributed by atoms with van der Waals surface area (Å²) in [6.07, 6.45) is 0.0362. The molecule has 1 rings (SSSR count). The Morgan fingerprint density at radius 3 is 2.71 bits per heavy atom. The molecule has 17 heavy (non-hydrogen) atoms. The van der Waals surface area contributed by atoms with Crippen LogP contribution in [0.4, 0.5) is 0 Å². The van der Waals surface area contributed by atoms with Crippen LogP contribution >= 0.6 is 0 Å². The number of hydrogen-bond donors (Lipinski definition) is 3. The van der Waals surface area contributed by atoms with Crippen LogP contribution in [0, 0.1) is 5.92 Å². The number of carbonyl (C=O) groups is 2. The molecule has 1 amide bonds. The van der Waals surface area contributed by atoms with E-state index in [9.17, 15) is 9.59 Å². The van der Waals surface area contributed by atoms with Crippen molar-refractivity contribution in [1.82, 2.24) is 10.6 Å². The van der Waals surface area contributed by atoms with Crippen molar-refractivity contribution in [3.05, 3.63) is 0 Å². The van der Waals surface area contributed by atoms with Gasteiger partial charge in [-0.2, -0.15) is 0 Å². The van der Waals surface area contributed by atoms with Gasteiger partial charge in [0.25, 0.3) is 0 Å². The number of nitrogens with one attached hydrogen (secondary N) is 2. The molecule has 1 unspecified atom stereocenters. The summed E-state index contributed by atoms with van der Waals surface area (Å²) in [4.78, 5) is 22.6. The Morgan fingerprint density at radius 1 is 1.53 bits per heavy atom. The highest BCUT2D eigenvalue weighted by Crippen LogP contribution is 2.05. The minimum absolute atomic E-state index is 0.137. The number of amides is 1. The molecular weight excluding hydrogens is 224 g/mol. The van der Waals surface area contributed by atoms with Gasteiger partial charge < -0.3 is 20.5 Å². The first-order valence-electron chi connectivity index (χ1n) is 5.85. The Balaban J connectivity index is 2.38. The predicted octanol–water partition coefficient (Wildman–Crippen LogP) is -0.410. The first kappa shape index (κ1) is 13.9. The van der Waals surface area contributed by atoms with Crippen molar-refractivity contribution >= 4 is 11.9 Å². The number of morpholine rings is 1. The number of hydrogen-bond acceptors (Lipinski definition) is 4. The van der Waals surface area contributed by atoms with Crippen LogP contribution in [0.15, 0.2) is 0 Å². The highest BCUT2D eigenvalue weighted by molar-refractivity contribution is 5.83. The maximum Gasteiger partial charge on any atom is 0.326 e. The average molecular weight is 244 g/mol. The molecule has 1 saturated heterocycles. The van der Waals surface area contributed by atoms with E-state index in [1.165, 1.54) is 0 Å². The topological polar surface area (TPSA) is 87.7 Å². The molecule has 0 spiro atoms. The van der Waals surface area contributed by atoms with E-state index in [2.05, 4.69) is 10.6 Å². The average Bonchev–Trinajstić information content (AvgIpc) is 2.26. The summed E-state index contributed by atoms with van der Waals surface area (Å²) in [5, 5.41) is 14.6. The van der Waals surface area contributed by atoms with Crippen molar-refractivity contribution in [2.24, 2.45) is 5.92 Å². The molecule has 0 bridgehead atoms. The van der Waals surface area contributed by atoms with Gasteiger partial charge in [-0.25, -0.2) is 4.79 Å². The predicted molar refractivity (Wildman–Crippen MR) is 61.6 cm³/mol. The summed E-state index contributed by atoms with van der Waals surface area (Å²) in [5.41, 5.74) is 0. The van der Waals surface area contributed by atoms with Crippen LogP contribution in [0.3, 0.4) is 0 Å². The monoisotopic (exact) mass is 244 g/mol. The molecule has 1 heterocycles. The van der Waals surface area contributed by atoms with Gasteiger partial charge in [0, 0.05) is 13.1 Å². The van der Waals surface area contributed by atoms with Crippen molar-refractivity contribution in [3.63, 3.8) is 0 Å². The summed E-state index contributed by atoms with van der Waals surface area (Å²) in [7, 11) is 0. The molecule has 2 atom stereocenters. The molecule has 6 nitrogen and oxygen atoms in total. The van der Waals surface area contributed by atoms with E-state index < -0.39 is 12.0 Å². The van der Waals surface area contributed by atoms with Crippen LogP contribution in [0.5, 0.6) is 0 Å². The molecule has 0 aromatic carbocycles. The van der Waals surface area contributed by atoms with Gasteiger partial charge in [0.1, 0.15) is 6.04 Å². The maximum atomic E-state index is 11.6. The SMILES string of the molecule is CC(C)[C@H](NC(=O)CC1CNCCO1)C(=O)O. The zero-order valence-corrected chi connectivity index (χ0v) is 10.2. The fourth-order valence-corrected chi connectivity index (χ4v) is 1.70. The van der Waals surface area contributed by atoms with Crippen molar-refractivity contribution in [2.45, 2.75) is 32.4 Å². The van der Waals surface area contributed by atoms with Gasteiger partial charge in [-0.05, 0) is 5.92 Å². The highest BCUT2D eigenvalue weighted by Gasteiger charge is 2.25. The first-order chi connectivity index (χ1) is 8.00. The standard InChI is InChI=1S/C11H20N2O4/c1-7(2)10(11(15)16)13-9(14)5-8-6-12-3-4-17-8/h7-8,10,12H,3-6H2,1-2H3,(H,13,14)(H,15,16)/t8?,10-/m0/s1. The van der Waals surface area contributed by atoms with Crippen LogP contribution in [-0.4, -0.2) is 48.8 Å². The number of carbonyl (C=O) groups excluding carboxylic acids is 1. The lowest BCUT2D eigenvalue weighted by Gasteiger charge is -2.24. The molecule has 3 N–H and O–H groups in total. The molecule has 0 saturated carbocycles. The van der Waals surface area contributed by atoms with Gasteiger partial charge in [0.2, 0.25) is 5.91 Å². The van der Waals surface area contributed by atoms with Crippen molar-refractivity contribution in [1.29, 1.82) is 0 Å². The second-order valence-corrected chi connectivity index (χ2v) is 4.53. The number of rotatable bonds is 5. The number of carboxylic acids is 1. The lowest BCUT2D eigenvalue weighted by Crippen LogP contribution is -2.47. The van der Waals surface area contributed by atoms with Crippen LogP contribution < -0.4 is 10.6 Å². The lowest BCUT2D eigenvalue weighted by atomic mass is 10.0. The third-order valence-corrected chi connectivity index (χ3v) is 2.67. The summed E-state index contributed by atoms with van der Waals surface area (Å²) in [6.45, 7) is 5.54. The van der Waals surface area contributed by atoms with E-state index >= 15 is 0 Å². The van der Waals surface area contributed by atoms with Gasteiger partial charge in [0.05, 0.1) is 19.1 Å². The second kappa shape index (κ2) is 6.56. The van der Waals surface area contributed by atoms with E-state index in [-0.39, 0.29) is 24.3 Å². The zero-order chi connectivity index (χ0) is 12.8. The molecule has 0 aromatic rings. The number of ether oxygens (including phenoxy) is 1. The van der Waals surface area contributed by atoms with E-state index in [1.807, 2.05) is 0 Å². The van der Waals surface area contributed by atoms with E-state index in [4.69, 9.17) is 9.84 Å². The normalized spacial score (nSPS) is 22.2. The van der Waals surface area contributed by atoms with Crippen molar-refractivity contribution in [2.75, 3.05) is 19.7 Å². The molecule has 0 aliphatic carbocycles. The molecular formula is C11H20N2O4. The summed E-state index contributed by atoms with van der Waals surface area (Å²) < 4.78 is 5.38. The molecule has 0 radical (unpaired) electrons. The summed E-state index contributed by atoms with van der Waals surface area (Å²) in [6, 6.07) is -0.834. The Kier molecular flexibility index (Phi) is 5.37. The van der Waals surface area contributed by atoms with Gasteiger partial charge in [-0.1, -0.05) is 13.8 Å². The highest BCUT2D eigenvalue weighted by atomic mass is 16.5. The molecule has 1 aliphatic rings. The second-order valence-electron chi connectivity index (χ2n) is 4.53. The van der Waals surface area contributed by atoms with Gasteiger partial charge in [-0.3, -0.25) is 4.79 Å². The largest absolute Gasteiger partial charge is 0.480 e. The third-order valence-electron chi connectivity index (χ3n) is 2.67. The van der Waals surface area contributed by atoms with Crippen LogP contribution in [0.1, 0.15) is 20.3 Å². The smallest absolute Gasteiger partial charge is 0.326 e. The molecule has 1 aliphatic heterocycles. The Hall–Kier alpha value is -1.14. The summed E-state index contributed by atoms with van der Waals surface area (Å²) >= 11 is 0. The number of carboxylic acid groups (broad SMARTS) is 1. The summed E-state index contributed by atoms with van der Waals surface area (Å²) in [5.74, 6) is -1.42. The van der Waals surface area contributed by atoms with Crippen LogP contribution in [0.2, 0.25) is 0 Å². The molecule has 0 aromatic heterocycles. The van der Waals surface area contributed by atoms with Crippen LogP contribution in [0.25, 0.3) is 0 Å². The lowest BCUT2D eigenvalue weighted by molar-refractivity contribution is -0.143. The fraction of sp³-hybridized carbons (Fsp3) is 0.818.